The van der Waals surface area contributed by atoms with Gasteiger partial charge in [-0.2, -0.15) is 12.6 Å². The van der Waals surface area contributed by atoms with Crippen molar-refractivity contribution in [2.24, 2.45) is 0 Å². The predicted molar refractivity (Wildman–Crippen MR) is 60.5 cm³/mol. The number of rotatable bonds is 0. The molecule has 1 heterocycles. The standard InChI is InChI=1S/C9H19NS.ClH/c1-8(2)5-7(11)6-9(3,4)10-8;/h7,10-11H,5-6H2,1-4H3;1H/i5D2,6D2,7D;. The van der Waals surface area contributed by atoms with Gasteiger partial charge in [-0.25, -0.2) is 0 Å². The summed E-state index contributed by atoms with van der Waals surface area (Å²) in [5.41, 5.74) is -2.04. The molecule has 0 unspecified atom stereocenters. The molecule has 1 rings (SSSR count). The van der Waals surface area contributed by atoms with Crippen molar-refractivity contribution in [1.82, 2.24) is 5.32 Å². The highest BCUT2D eigenvalue weighted by atomic mass is 35.5. The molecule has 1 N–H and O–H groups in total. The Morgan fingerprint density at radius 1 is 1.33 bits per heavy atom. The van der Waals surface area contributed by atoms with Crippen molar-refractivity contribution in [3.05, 3.63) is 0 Å². The Kier molecular flexibility index (Phi) is 1.93. The Bertz CT molecular complexity index is 289. The molecule has 0 aromatic carbocycles. The van der Waals surface area contributed by atoms with Crippen LogP contribution in [0.15, 0.2) is 0 Å². The van der Waals surface area contributed by atoms with Gasteiger partial charge in [-0.1, -0.05) is 0 Å². The van der Waals surface area contributed by atoms with Crippen LogP contribution in [0.4, 0.5) is 0 Å². The second-order valence-corrected chi connectivity index (χ2v) is 4.42. The molecule has 1 aliphatic rings. The van der Waals surface area contributed by atoms with E-state index in [2.05, 4.69) is 17.9 Å². The van der Waals surface area contributed by atoms with E-state index in [9.17, 15) is 0 Å². The van der Waals surface area contributed by atoms with Crippen LogP contribution in [0.2, 0.25) is 0 Å². The second kappa shape index (κ2) is 3.77. The molecule has 0 radical (unpaired) electrons. The third-order valence-electron chi connectivity index (χ3n) is 1.49. The lowest BCUT2D eigenvalue weighted by atomic mass is 9.82. The molecule has 1 saturated heterocycles. The van der Waals surface area contributed by atoms with Crippen LogP contribution in [0.3, 0.4) is 0 Å². The van der Waals surface area contributed by atoms with E-state index in [0.717, 1.165) is 0 Å². The Hall–Kier alpha value is 0.600. The zero-order valence-electron chi connectivity index (χ0n) is 12.9. The number of thiol groups is 1. The lowest BCUT2D eigenvalue weighted by Gasteiger charge is -2.45. The molecule has 0 amide bonds. The maximum Gasteiger partial charge on any atom is 0.0415 e. The molecule has 0 aliphatic carbocycles. The Labute approximate surface area is 94.5 Å². The van der Waals surface area contributed by atoms with Crippen LogP contribution < -0.4 is 5.32 Å². The van der Waals surface area contributed by atoms with Gasteiger partial charge in [0.1, 0.15) is 0 Å². The molecule has 0 saturated carbocycles. The minimum Gasteiger partial charge on any atom is -0.307 e. The van der Waals surface area contributed by atoms with Crippen LogP contribution in [0.1, 0.15) is 47.3 Å². The summed E-state index contributed by atoms with van der Waals surface area (Å²) >= 11 is 3.98. The molecular formula is C9H20ClNS. The molecule has 1 fully saturated rings. The molecule has 0 atom stereocenters. The zero-order valence-corrected chi connectivity index (χ0v) is 9.57. The molecule has 0 aromatic heterocycles. The van der Waals surface area contributed by atoms with Gasteiger partial charge in [0.15, 0.2) is 0 Å². The van der Waals surface area contributed by atoms with Gasteiger partial charge in [0.25, 0.3) is 0 Å². The number of hydrogen-bond acceptors (Lipinski definition) is 2. The molecular weight excluding hydrogens is 190 g/mol. The fourth-order valence-corrected chi connectivity index (χ4v) is 2.03. The second-order valence-electron chi connectivity index (χ2n) is 3.97. The maximum absolute atomic E-state index is 8.02. The van der Waals surface area contributed by atoms with Crippen molar-refractivity contribution < 1.29 is 6.85 Å². The van der Waals surface area contributed by atoms with Crippen molar-refractivity contribution in [3.63, 3.8) is 0 Å². The van der Waals surface area contributed by atoms with Crippen LogP contribution in [0.25, 0.3) is 0 Å². The highest BCUT2D eigenvalue weighted by molar-refractivity contribution is 7.80. The molecule has 0 spiro atoms. The first kappa shape index (κ1) is 6.15. The number of piperidine rings is 1. The fourth-order valence-electron chi connectivity index (χ4n) is 1.47. The van der Waals surface area contributed by atoms with Crippen molar-refractivity contribution in [1.29, 1.82) is 0 Å². The van der Waals surface area contributed by atoms with Crippen LogP contribution in [-0.4, -0.2) is 16.3 Å². The van der Waals surface area contributed by atoms with Crippen LogP contribution in [0.5, 0.6) is 0 Å². The summed E-state index contributed by atoms with van der Waals surface area (Å²) in [6.07, 6.45) is -4.19. The minimum absolute atomic E-state index is 0. The third-order valence-corrected chi connectivity index (χ3v) is 1.71. The summed E-state index contributed by atoms with van der Waals surface area (Å²) < 4.78 is 39.9. The normalized spacial score (nSPS) is 44.9. The Morgan fingerprint density at radius 2 is 1.67 bits per heavy atom. The van der Waals surface area contributed by atoms with E-state index in [1.165, 1.54) is 0 Å². The highest BCUT2D eigenvalue weighted by Crippen LogP contribution is 2.30. The van der Waals surface area contributed by atoms with Gasteiger partial charge in [0, 0.05) is 23.2 Å². The smallest absolute Gasteiger partial charge is 0.0415 e. The average Bonchev–Trinajstić information content (AvgIpc) is 1.98. The Morgan fingerprint density at radius 3 is 2.00 bits per heavy atom. The molecule has 3 heteroatoms. The van der Waals surface area contributed by atoms with Crippen molar-refractivity contribution in [2.45, 2.75) is 56.7 Å². The van der Waals surface area contributed by atoms with Crippen molar-refractivity contribution in [3.8, 4) is 0 Å². The Balaban J connectivity index is 0.00000256. The van der Waals surface area contributed by atoms with Gasteiger partial charge in [-0.15, -0.1) is 12.4 Å². The van der Waals surface area contributed by atoms with Crippen LogP contribution in [0, 0.1) is 0 Å². The quantitative estimate of drug-likeness (QED) is 0.591. The maximum atomic E-state index is 8.02. The van der Waals surface area contributed by atoms with Gasteiger partial charge in [-0.05, 0) is 40.4 Å². The summed E-state index contributed by atoms with van der Waals surface area (Å²) in [4.78, 5) is 0. The SMILES string of the molecule is Cl.[2H]C1([2H])C(C)(C)NC(C)(C)C([2H])([2H])C1([2H])S. The van der Waals surface area contributed by atoms with Crippen LogP contribution in [-0.2, 0) is 0 Å². The minimum atomic E-state index is -2.11. The lowest BCUT2D eigenvalue weighted by Crippen LogP contribution is -2.58. The fraction of sp³-hybridized carbons (Fsp3) is 1.00. The summed E-state index contributed by atoms with van der Waals surface area (Å²) in [5.74, 6) is 0. The first-order valence-corrected chi connectivity index (χ1v) is 4.17. The van der Waals surface area contributed by atoms with E-state index in [-0.39, 0.29) is 12.4 Å². The first-order chi connectivity index (χ1) is 6.71. The molecule has 12 heavy (non-hydrogen) atoms. The highest BCUT2D eigenvalue weighted by Gasteiger charge is 2.35. The van der Waals surface area contributed by atoms with E-state index in [0.29, 0.717) is 0 Å². The summed E-state index contributed by atoms with van der Waals surface area (Å²) in [5, 5.41) is 0.836. The van der Waals surface area contributed by atoms with Gasteiger partial charge >= 0.3 is 0 Å². The molecule has 1 aliphatic heterocycles. The average molecular weight is 215 g/mol. The topological polar surface area (TPSA) is 12.0 Å². The van der Waals surface area contributed by atoms with Gasteiger partial charge < -0.3 is 5.32 Å². The van der Waals surface area contributed by atoms with Crippen molar-refractivity contribution >= 4 is 25.0 Å². The molecule has 0 bridgehead atoms. The van der Waals surface area contributed by atoms with E-state index in [1.807, 2.05) is 0 Å². The summed E-state index contributed by atoms with van der Waals surface area (Å²) in [6, 6.07) is 0. The van der Waals surface area contributed by atoms with E-state index in [1.54, 1.807) is 27.7 Å². The zero-order chi connectivity index (χ0) is 13.2. The van der Waals surface area contributed by atoms with Crippen molar-refractivity contribution in [2.75, 3.05) is 0 Å². The number of halogens is 1. The summed E-state index contributed by atoms with van der Waals surface area (Å²) in [6.45, 7) is 6.51. The van der Waals surface area contributed by atoms with E-state index in [4.69, 9.17) is 6.85 Å². The van der Waals surface area contributed by atoms with Crippen LogP contribution >= 0.6 is 25.0 Å². The van der Waals surface area contributed by atoms with Gasteiger partial charge in [0.05, 0.1) is 0 Å². The number of nitrogens with one attached hydrogen (secondary N) is 1. The summed E-state index contributed by atoms with van der Waals surface area (Å²) in [7, 11) is 0. The third kappa shape index (κ3) is 3.55. The molecule has 0 aromatic rings. The molecule has 74 valence electrons. The first-order valence-electron chi connectivity index (χ1n) is 6.22. The largest absolute Gasteiger partial charge is 0.307 e. The van der Waals surface area contributed by atoms with Gasteiger partial charge in [0.2, 0.25) is 0 Å². The number of hydrogen-bond donors (Lipinski definition) is 2. The van der Waals surface area contributed by atoms with E-state index < -0.39 is 29.0 Å². The van der Waals surface area contributed by atoms with E-state index >= 15 is 0 Å². The monoisotopic (exact) mass is 214 g/mol. The van der Waals surface area contributed by atoms with Gasteiger partial charge in [-0.3, -0.25) is 0 Å². The predicted octanol–water partition coefficient (Wildman–Crippen LogP) is 2.65. The molecule has 1 nitrogen and oxygen atoms in total. The lowest BCUT2D eigenvalue weighted by molar-refractivity contribution is 0.189.